The largest absolute Gasteiger partial charge is 0.493 e. The summed E-state index contributed by atoms with van der Waals surface area (Å²) in [6, 6.07) is 2.96. The Bertz CT molecular complexity index is 833. The van der Waals surface area contributed by atoms with Crippen LogP contribution in [0.2, 0.25) is 0 Å². The molecule has 2 fully saturated rings. The van der Waals surface area contributed by atoms with E-state index in [1.807, 2.05) is 12.1 Å². The zero-order chi connectivity index (χ0) is 23.3. The van der Waals surface area contributed by atoms with Crippen LogP contribution in [0.1, 0.15) is 18.4 Å². The third-order valence-corrected chi connectivity index (χ3v) is 6.10. The van der Waals surface area contributed by atoms with Crippen LogP contribution in [0.25, 0.3) is 0 Å². The van der Waals surface area contributed by atoms with E-state index >= 15 is 0 Å². The lowest BCUT2D eigenvalue weighted by Crippen LogP contribution is -2.53. The Hall–Kier alpha value is -2.95. The Morgan fingerprint density at radius 2 is 1.75 bits per heavy atom. The van der Waals surface area contributed by atoms with Crippen molar-refractivity contribution < 1.29 is 33.3 Å². The summed E-state index contributed by atoms with van der Waals surface area (Å²) in [6.07, 6.45) is 0.880. The van der Waals surface area contributed by atoms with Crippen LogP contribution in [0, 0.1) is 0 Å². The monoisotopic (exact) mass is 467 g/mol. The Kier molecular flexibility index (Phi) is 7.84. The van der Waals surface area contributed by atoms with Gasteiger partial charge in [-0.05, 0) is 42.8 Å². The van der Waals surface area contributed by atoms with Gasteiger partial charge in [0.15, 0.2) is 22.7 Å². The molecule has 0 bridgehead atoms. The van der Waals surface area contributed by atoms with E-state index in [2.05, 4.69) is 10.2 Å². The molecule has 11 heteroatoms. The van der Waals surface area contributed by atoms with Crippen molar-refractivity contribution in [1.82, 2.24) is 15.1 Å². The molecule has 176 valence electrons. The van der Waals surface area contributed by atoms with E-state index in [0.29, 0.717) is 54.8 Å². The maximum atomic E-state index is 12.1. The molecule has 1 unspecified atom stereocenters. The summed E-state index contributed by atoms with van der Waals surface area (Å²) in [4.78, 5) is 27.7. The average Bonchev–Trinajstić information content (AvgIpc) is 3.22. The number of benzene rings is 1. The first-order valence-corrected chi connectivity index (χ1v) is 10.7. The first-order chi connectivity index (χ1) is 15.4. The van der Waals surface area contributed by atoms with Crippen molar-refractivity contribution in [2.75, 3.05) is 48.1 Å². The fourth-order valence-corrected chi connectivity index (χ4v) is 4.28. The van der Waals surface area contributed by atoms with Crippen molar-refractivity contribution in [3.63, 3.8) is 0 Å². The summed E-state index contributed by atoms with van der Waals surface area (Å²) < 4.78 is 26.0. The molecule has 1 aromatic rings. The smallest absolute Gasteiger partial charge is 0.410 e. The molecule has 1 N–H and O–H groups in total. The average molecular weight is 468 g/mol. The van der Waals surface area contributed by atoms with Crippen LogP contribution in [-0.4, -0.2) is 87.2 Å². The van der Waals surface area contributed by atoms with Crippen LogP contribution in [0.4, 0.5) is 4.79 Å². The van der Waals surface area contributed by atoms with Crippen LogP contribution in [0.15, 0.2) is 12.1 Å². The highest BCUT2D eigenvalue weighted by atomic mass is 32.1. The van der Waals surface area contributed by atoms with Gasteiger partial charge >= 0.3 is 12.1 Å². The third-order valence-electron chi connectivity index (χ3n) is 5.70. The number of nitrogens with zero attached hydrogens (tertiary/aromatic N) is 2. The summed E-state index contributed by atoms with van der Waals surface area (Å²) in [5.41, 5.74) is 0.928. The lowest BCUT2D eigenvalue weighted by atomic mass is 10.0. The second-order valence-corrected chi connectivity index (χ2v) is 7.82. The van der Waals surface area contributed by atoms with Crippen LogP contribution in [0.5, 0.6) is 17.2 Å². The maximum absolute atomic E-state index is 12.1. The number of hydrogen-bond acceptors (Lipinski definition) is 8. The minimum absolute atomic E-state index is 0.0282. The van der Waals surface area contributed by atoms with E-state index in [1.165, 1.54) is 12.0 Å². The van der Waals surface area contributed by atoms with Gasteiger partial charge in [0.1, 0.15) is 6.61 Å². The summed E-state index contributed by atoms with van der Waals surface area (Å²) in [6.45, 7) is 1.83. The summed E-state index contributed by atoms with van der Waals surface area (Å²) in [5, 5.41) is 3.88. The molecule has 3 rings (SSSR count). The maximum Gasteiger partial charge on any atom is 0.410 e. The molecule has 0 radical (unpaired) electrons. The van der Waals surface area contributed by atoms with Crippen LogP contribution in [0.3, 0.4) is 0 Å². The number of cyclic esters (lactones) is 1. The number of piperidine rings is 1. The number of nitrogens with one attached hydrogen (secondary N) is 1. The zero-order valence-corrected chi connectivity index (χ0v) is 19.5. The van der Waals surface area contributed by atoms with E-state index in [9.17, 15) is 9.59 Å². The number of carbonyl (C=O) groups excluding carboxylic acids is 2. The van der Waals surface area contributed by atoms with Crippen molar-refractivity contribution in [3.05, 3.63) is 17.7 Å². The molecule has 0 spiro atoms. The molecule has 2 heterocycles. The number of rotatable bonds is 7. The summed E-state index contributed by atoms with van der Waals surface area (Å²) >= 11 is 5.57. The van der Waals surface area contributed by atoms with Gasteiger partial charge in [0.2, 0.25) is 5.75 Å². The molecule has 1 aromatic carbocycles. The lowest BCUT2D eigenvalue weighted by molar-refractivity contribution is -0.145. The minimum atomic E-state index is -0.686. The van der Waals surface area contributed by atoms with Crippen molar-refractivity contribution in [2.45, 2.75) is 31.5 Å². The molecule has 1 atom stereocenters. The molecule has 0 aromatic heterocycles. The number of carbonyl (C=O) groups is 2. The highest BCUT2D eigenvalue weighted by Gasteiger charge is 2.43. The van der Waals surface area contributed by atoms with Crippen molar-refractivity contribution in [1.29, 1.82) is 0 Å². The van der Waals surface area contributed by atoms with E-state index in [1.54, 1.807) is 21.3 Å². The predicted molar refractivity (Wildman–Crippen MR) is 119 cm³/mol. The van der Waals surface area contributed by atoms with Crippen LogP contribution in [-0.2, 0) is 20.8 Å². The van der Waals surface area contributed by atoms with Crippen molar-refractivity contribution in [2.24, 2.45) is 0 Å². The zero-order valence-electron chi connectivity index (χ0n) is 18.7. The Labute approximate surface area is 192 Å². The Morgan fingerprint density at radius 1 is 1.12 bits per heavy atom. The first kappa shape index (κ1) is 23.7. The number of hydrogen-bond donors (Lipinski definition) is 1. The van der Waals surface area contributed by atoms with Crippen molar-refractivity contribution >= 4 is 29.4 Å². The van der Waals surface area contributed by atoms with Gasteiger partial charge in [-0.3, -0.25) is 4.90 Å². The SMILES string of the molecule is COC(=O)C1COC(=O)N1C1CCN(C(=S)NCc2cc(OC)c(OC)c(OC)c2)CC1. The Morgan fingerprint density at radius 3 is 2.28 bits per heavy atom. The highest BCUT2D eigenvalue weighted by Crippen LogP contribution is 2.38. The number of likely N-dealkylation sites (tertiary alicyclic amines) is 1. The van der Waals surface area contributed by atoms with Gasteiger partial charge in [0, 0.05) is 25.7 Å². The normalized spacial score (nSPS) is 18.8. The molecule has 10 nitrogen and oxygen atoms in total. The molecule has 2 aliphatic heterocycles. The molecule has 0 saturated carbocycles. The topological polar surface area (TPSA) is 98.8 Å². The van der Waals surface area contributed by atoms with E-state index < -0.39 is 18.1 Å². The van der Waals surface area contributed by atoms with Gasteiger partial charge < -0.3 is 33.9 Å². The minimum Gasteiger partial charge on any atom is -0.493 e. The molecular formula is C21H29N3O7S. The van der Waals surface area contributed by atoms with Gasteiger partial charge in [0.05, 0.1) is 28.4 Å². The number of ether oxygens (including phenoxy) is 5. The molecule has 1 amide bonds. The fourth-order valence-electron chi connectivity index (χ4n) is 4.03. The van der Waals surface area contributed by atoms with E-state index in [0.717, 1.165) is 5.56 Å². The second-order valence-electron chi connectivity index (χ2n) is 7.43. The van der Waals surface area contributed by atoms with Gasteiger partial charge in [-0.25, -0.2) is 9.59 Å². The van der Waals surface area contributed by atoms with Crippen LogP contribution >= 0.6 is 12.2 Å². The van der Waals surface area contributed by atoms with E-state index in [-0.39, 0.29) is 12.6 Å². The second kappa shape index (κ2) is 10.6. The number of amides is 1. The highest BCUT2D eigenvalue weighted by molar-refractivity contribution is 7.80. The number of esters is 1. The van der Waals surface area contributed by atoms with Gasteiger partial charge in [-0.15, -0.1) is 0 Å². The number of thiocarbonyl (C=S) groups is 1. The molecule has 0 aliphatic carbocycles. The first-order valence-electron chi connectivity index (χ1n) is 10.3. The quantitative estimate of drug-likeness (QED) is 0.470. The standard InChI is InChI=1S/C21H29N3O7S/c1-27-16-9-13(10-17(28-2)18(16)29-3)11-22-20(32)23-7-5-14(6-8-23)24-15(19(25)30-4)12-31-21(24)26/h9-10,14-15H,5-8,11-12H2,1-4H3,(H,22,32). The fraction of sp³-hybridized carbons (Fsp3) is 0.571. The van der Waals surface area contributed by atoms with Gasteiger partial charge in [0.25, 0.3) is 0 Å². The molecular weight excluding hydrogens is 438 g/mol. The van der Waals surface area contributed by atoms with Gasteiger partial charge in [-0.1, -0.05) is 0 Å². The molecule has 2 saturated heterocycles. The molecule has 32 heavy (non-hydrogen) atoms. The van der Waals surface area contributed by atoms with E-state index in [4.69, 9.17) is 35.9 Å². The summed E-state index contributed by atoms with van der Waals surface area (Å²) in [7, 11) is 6.02. The number of methoxy groups -OCH3 is 4. The van der Waals surface area contributed by atoms with Gasteiger partial charge in [-0.2, -0.15) is 0 Å². The summed E-state index contributed by atoms with van der Waals surface area (Å²) in [5.74, 6) is 1.23. The lowest BCUT2D eigenvalue weighted by Gasteiger charge is -2.38. The van der Waals surface area contributed by atoms with Crippen LogP contribution < -0.4 is 19.5 Å². The third kappa shape index (κ3) is 4.93. The Balaban J connectivity index is 1.56. The molecule has 2 aliphatic rings. The van der Waals surface area contributed by atoms with Crippen molar-refractivity contribution in [3.8, 4) is 17.2 Å². The predicted octanol–water partition coefficient (Wildman–Crippen LogP) is 1.55.